The molecule has 22 nitrogen and oxygen atoms in total. The quantitative estimate of drug-likeness (QED) is 0.0651. The van der Waals surface area contributed by atoms with Gasteiger partial charge in [-0.25, -0.2) is 0 Å². The Labute approximate surface area is 439 Å². The monoisotopic (exact) mass is 1080 g/mol. The van der Waals surface area contributed by atoms with Crippen LogP contribution in [0.4, 0.5) is 0 Å². The molecule has 4 aliphatic heterocycles. The molecule has 22 heteroatoms. The van der Waals surface area contributed by atoms with E-state index in [-0.39, 0.29) is 41.1 Å². The van der Waals surface area contributed by atoms with Crippen molar-refractivity contribution in [2.45, 2.75) is 248 Å². The lowest BCUT2D eigenvalue weighted by atomic mass is 9.35. The highest BCUT2D eigenvalue weighted by Gasteiger charge is 2.72. The predicted octanol–water partition coefficient (Wildman–Crippen LogP) is -1.56. The molecule has 4 saturated heterocycles. The van der Waals surface area contributed by atoms with E-state index in [1.54, 1.807) is 0 Å². The Kier molecular flexibility index (Phi) is 18.1. The smallest absolute Gasteiger partial charge is 0.187 e. The number of ether oxygens (including phenoxy) is 8. The molecule has 4 saturated carbocycles. The minimum atomic E-state index is -1.81. The number of aliphatic hydroxyl groups is 14. The SMILES string of the molecule is CC(C)=CCC[C@](C)(O[C@@H]1O[C@H](CO[C@@H]2OC[C@@H](O)[C@H](O)[C@H]2O)[C@@H](O)[C@H](O)[C@H]1O)[C@H]1CC[C@]2(C)[C@H]1[C@H](O)C[C@H]1[C@@]3(C)CC[C@H](O[C@@H]4O[C@H](CO)[C@@H](O)[C@H](O)[C@H]4O[C@@H]4O[C@H](CO)[C@@H](O)[C@H](O)[C@H]4O)C(C)(C)[C@@H]3CC[C@]12C. The van der Waals surface area contributed by atoms with Gasteiger partial charge in [0.25, 0.3) is 0 Å². The summed E-state index contributed by atoms with van der Waals surface area (Å²) in [4.78, 5) is 0. The average Bonchev–Trinajstić information content (AvgIpc) is 3.75. The molecule has 0 amide bonds. The zero-order valence-corrected chi connectivity index (χ0v) is 44.7. The van der Waals surface area contributed by atoms with Crippen molar-refractivity contribution in [3.63, 3.8) is 0 Å². The molecule has 0 bridgehead atoms. The van der Waals surface area contributed by atoms with Crippen molar-refractivity contribution in [3.05, 3.63) is 11.6 Å². The van der Waals surface area contributed by atoms with Crippen molar-refractivity contribution in [3.8, 4) is 0 Å². The second-order valence-corrected chi connectivity index (χ2v) is 25.3. The molecule has 0 spiro atoms. The van der Waals surface area contributed by atoms with Crippen molar-refractivity contribution in [1.29, 1.82) is 0 Å². The number of aliphatic hydroxyl groups excluding tert-OH is 14. The second kappa shape index (κ2) is 22.7. The third kappa shape index (κ3) is 10.6. The average molecular weight is 1080 g/mol. The fourth-order valence-electron chi connectivity index (χ4n) is 16.0. The molecule has 0 aromatic heterocycles. The van der Waals surface area contributed by atoms with Gasteiger partial charge in [0.1, 0.15) is 91.6 Å². The van der Waals surface area contributed by atoms with Gasteiger partial charge >= 0.3 is 0 Å². The van der Waals surface area contributed by atoms with E-state index in [1.807, 2.05) is 20.8 Å². The summed E-state index contributed by atoms with van der Waals surface area (Å²) in [6.45, 7) is 15.1. The van der Waals surface area contributed by atoms with E-state index < -0.39 is 165 Å². The molecular weight excluding hydrogens is 989 g/mol. The van der Waals surface area contributed by atoms with Gasteiger partial charge in [-0.2, -0.15) is 0 Å². The van der Waals surface area contributed by atoms with Gasteiger partial charge in [0.2, 0.25) is 0 Å². The normalized spacial score (nSPS) is 52.7. The number of fused-ring (bicyclic) bond motifs is 5. The van der Waals surface area contributed by atoms with Crippen LogP contribution < -0.4 is 0 Å². The molecule has 8 fully saturated rings. The Morgan fingerprint density at radius 2 is 1.16 bits per heavy atom. The van der Waals surface area contributed by atoms with Gasteiger partial charge < -0.3 is 109 Å². The summed E-state index contributed by atoms with van der Waals surface area (Å²) in [6, 6.07) is 0. The first kappa shape index (κ1) is 60.0. The number of hydrogen-bond donors (Lipinski definition) is 14. The fraction of sp³-hybridized carbons (Fsp3) is 0.962. The molecule has 29 atom stereocenters. The van der Waals surface area contributed by atoms with Crippen molar-refractivity contribution in [2.75, 3.05) is 26.4 Å². The van der Waals surface area contributed by atoms with Gasteiger partial charge in [-0.3, -0.25) is 0 Å². The Bertz CT molecular complexity index is 1940. The molecule has 0 unspecified atom stereocenters. The molecule has 8 rings (SSSR count). The van der Waals surface area contributed by atoms with Gasteiger partial charge in [0.05, 0.1) is 44.2 Å². The van der Waals surface area contributed by atoms with Crippen LogP contribution in [0.5, 0.6) is 0 Å². The van der Waals surface area contributed by atoms with Crippen molar-refractivity contribution in [2.24, 2.45) is 45.3 Å². The van der Waals surface area contributed by atoms with E-state index in [4.69, 9.17) is 37.9 Å². The standard InChI is InChI=1S/C53H90O22/c1-23(2)10-9-14-53(8,75-47-43(67)39(63)37(61)29(72-47)22-69-45-41(65)34(58)26(57)21-68-45)24-11-16-52(7)33(24)25(56)18-31-50(5)15-13-32(49(3,4)30(50)12-17-51(31,52)6)73-48-44(40(64)36(60)28(20-55)71-48)74-46-42(66)38(62)35(59)27(19-54)70-46/h10,24-48,54-67H,9,11-22H2,1-8H3/t24-,25+,26+,27+,28+,29+,30-,31-,32-,33+,34-,35+,36+,37+,38-,39-,40-,41+,42+,43+,44+,45-,46-,47-,48-,50-,51+,52+,53-/m0/s1. The first-order valence-electron chi connectivity index (χ1n) is 27.3. The van der Waals surface area contributed by atoms with Crippen LogP contribution in [0.15, 0.2) is 11.6 Å². The maximum absolute atomic E-state index is 12.8. The van der Waals surface area contributed by atoms with E-state index in [0.717, 1.165) is 24.8 Å². The number of rotatable bonds is 15. The molecule has 4 aliphatic carbocycles. The molecule has 4 heterocycles. The molecule has 0 radical (unpaired) electrons. The zero-order chi connectivity index (χ0) is 55.1. The predicted molar refractivity (Wildman–Crippen MR) is 260 cm³/mol. The van der Waals surface area contributed by atoms with Gasteiger partial charge in [-0.15, -0.1) is 0 Å². The van der Waals surface area contributed by atoms with Crippen molar-refractivity contribution >= 4 is 0 Å². The summed E-state index contributed by atoms with van der Waals surface area (Å²) >= 11 is 0. The van der Waals surface area contributed by atoms with Crippen LogP contribution in [-0.4, -0.2) is 232 Å². The summed E-state index contributed by atoms with van der Waals surface area (Å²) < 4.78 is 48.8. The zero-order valence-electron chi connectivity index (χ0n) is 44.7. The van der Waals surface area contributed by atoms with Gasteiger partial charge in [-0.1, -0.05) is 46.3 Å². The first-order chi connectivity index (χ1) is 35.1. The Balaban J connectivity index is 1.01. The lowest BCUT2D eigenvalue weighted by Gasteiger charge is -2.71. The van der Waals surface area contributed by atoms with E-state index in [1.165, 1.54) is 0 Å². The van der Waals surface area contributed by atoms with E-state index in [2.05, 4.69) is 40.7 Å². The largest absolute Gasteiger partial charge is 0.394 e. The summed E-state index contributed by atoms with van der Waals surface area (Å²) in [5.41, 5.74) is -1.48. The van der Waals surface area contributed by atoms with E-state index >= 15 is 0 Å². The molecule has 434 valence electrons. The number of hydrogen-bond acceptors (Lipinski definition) is 22. The van der Waals surface area contributed by atoms with Gasteiger partial charge in [0, 0.05) is 0 Å². The molecule has 75 heavy (non-hydrogen) atoms. The van der Waals surface area contributed by atoms with Crippen LogP contribution in [0.25, 0.3) is 0 Å². The van der Waals surface area contributed by atoms with Crippen molar-refractivity contribution in [1.82, 2.24) is 0 Å². The topological polar surface area (TPSA) is 357 Å². The van der Waals surface area contributed by atoms with Crippen molar-refractivity contribution < 1.29 is 109 Å². The minimum absolute atomic E-state index is 0.0508. The summed E-state index contributed by atoms with van der Waals surface area (Å²) in [5, 5.41) is 151. The van der Waals surface area contributed by atoms with E-state index in [9.17, 15) is 71.5 Å². The van der Waals surface area contributed by atoms with Crippen LogP contribution in [0, 0.1) is 45.3 Å². The number of allylic oxidation sites excluding steroid dienone is 2. The molecule has 0 aromatic rings. The van der Waals surface area contributed by atoms with E-state index in [0.29, 0.717) is 38.5 Å². The summed E-state index contributed by atoms with van der Waals surface area (Å²) in [7, 11) is 0. The highest BCUT2D eigenvalue weighted by Crippen LogP contribution is 2.76. The lowest BCUT2D eigenvalue weighted by molar-refractivity contribution is -0.378. The third-order valence-electron chi connectivity index (χ3n) is 20.5. The van der Waals surface area contributed by atoms with Crippen LogP contribution in [-0.2, 0) is 37.9 Å². The third-order valence-corrected chi connectivity index (χ3v) is 20.5. The molecule has 0 aromatic carbocycles. The van der Waals surface area contributed by atoms with Gasteiger partial charge in [0.15, 0.2) is 25.2 Å². The van der Waals surface area contributed by atoms with Crippen LogP contribution >= 0.6 is 0 Å². The Morgan fingerprint density at radius 3 is 1.80 bits per heavy atom. The maximum Gasteiger partial charge on any atom is 0.187 e. The second-order valence-electron chi connectivity index (χ2n) is 25.3. The summed E-state index contributed by atoms with van der Waals surface area (Å²) in [6.07, 6.45) is -22.6. The Morgan fingerprint density at radius 1 is 0.587 bits per heavy atom. The fourth-order valence-corrected chi connectivity index (χ4v) is 16.0. The van der Waals surface area contributed by atoms with Crippen LogP contribution in [0.1, 0.15) is 113 Å². The lowest BCUT2D eigenvalue weighted by Crippen LogP contribution is -2.68. The summed E-state index contributed by atoms with van der Waals surface area (Å²) in [5.74, 6) is -0.395. The molecular formula is C53H90O22. The Hall–Kier alpha value is -1.14. The first-order valence-corrected chi connectivity index (χ1v) is 27.3. The highest BCUT2D eigenvalue weighted by molar-refractivity contribution is 5.20. The minimum Gasteiger partial charge on any atom is -0.394 e. The molecule has 14 N–H and O–H groups in total. The molecule has 8 aliphatic rings. The van der Waals surface area contributed by atoms with Gasteiger partial charge in [-0.05, 0) is 124 Å². The van der Waals surface area contributed by atoms with Crippen LogP contribution in [0.2, 0.25) is 0 Å². The highest BCUT2D eigenvalue weighted by atomic mass is 16.8. The maximum atomic E-state index is 12.8. The van der Waals surface area contributed by atoms with Crippen LogP contribution in [0.3, 0.4) is 0 Å².